The highest BCUT2D eigenvalue weighted by atomic mass is 16.2. The zero-order chi connectivity index (χ0) is 24.4. The van der Waals surface area contributed by atoms with E-state index in [9.17, 15) is 19.2 Å². The predicted molar refractivity (Wildman–Crippen MR) is 130 cm³/mol. The highest BCUT2D eigenvalue weighted by Gasteiger charge is 2.44. The Labute approximate surface area is 203 Å². The van der Waals surface area contributed by atoms with E-state index in [0.717, 1.165) is 41.1 Å². The maximum atomic E-state index is 13.1. The first-order valence-corrected chi connectivity index (χ1v) is 11.7. The maximum absolute atomic E-state index is 13.1. The molecule has 176 valence electrons. The number of piperidine rings is 1. The molecule has 5 rings (SSSR count). The molecule has 3 aromatic carbocycles. The topological polar surface area (TPSA) is 95.6 Å². The first kappa shape index (κ1) is 22.7. The second-order valence-corrected chi connectivity index (χ2v) is 8.82. The Kier molecular flexibility index (Phi) is 6.25. The summed E-state index contributed by atoms with van der Waals surface area (Å²) >= 11 is 0. The van der Waals surface area contributed by atoms with Crippen LogP contribution in [0, 0.1) is 0 Å². The summed E-state index contributed by atoms with van der Waals surface area (Å²) in [6, 6.07) is 22.6. The Bertz CT molecular complexity index is 1320. The van der Waals surface area contributed by atoms with Gasteiger partial charge in [-0.15, -0.1) is 0 Å². The molecule has 0 aromatic heterocycles. The van der Waals surface area contributed by atoms with Crippen molar-refractivity contribution in [3.63, 3.8) is 0 Å². The molecule has 0 bridgehead atoms. The molecule has 4 amide bonds. The summed E-state index contributed by atoms with van der Waals surface area (Å²) in [7, 11) is 0. The van der Waals surface area contributed by atoms with Crippen LogP contribution in [0.25, 0.3) is 11.1 Å². The normalized spacial score (nSPS) is 17.5. The third kappa shape index (κ3) is 4.63. The smallest absolute Gasteiger partial charge is 0.262 e. The molecule has 3 aromatic rings. The largest absolute Gasteiger partial charge is 0.312 e. The van der Waals surface area contributed by atoms with Crippen molar-refractivity contribution in [2.75, 3.05) is 6.54 Å². The van der Waals surface area contributed by atoms with Gasteiger partial charge in [0.25, 0.3) is 11.8 Å². The number of fused-ring (bicyclic) bond motifs is 1. The molecular formula is C28H25N3O4. The van der Waals surface area contributed by atoms with E-state index < -0.39 is 23.8 Å². The van der Waals surface area contributed by atoms with Crippen LogP contribution in [-0.4, -0.2) is 41.1 Å². The summed E-state index contributed by atoms with van der Waals surface area (Å²) < 4.78 is 0. The van der Waals surface area contributed by atoms with Crippen LogP contribution in [0.3, 0.4) is 0 Å². The molecule has 0 aliphatic carbocycles. The van der Waals surface area contributed by atoms with E-state index in [2.05, 4.69) is 34.9 Å². The molecule has 1 saturated heterocycles. The number of nitrogens with zero attached hydrogens (tertiary/aromatic N) is 1. The van der Waals surface area contributed by atoms with Crippen LogP contribution in [0.15, 0.2) is 72.8 Å². The number of amides is 4. The lowest BCUT2D eigenvalue weighted by Gasteiger charge is -2.27. The van der Waals surface area contributed by atoms with Crippen molar-refractivity contribution >= 4 is 23.6 Å². The van der Waals surface area contributed by atoms with Crippen LogP contribution in [0.2, 0.25) is 0 Å². The molecule has 2 aliphatic rings. The van der Waals surface area contributed by atoms with Crippen molar-refractivity contribution in [1.82, 2.24) is 15.5 Å². The first-order chi connectivity index (χ1) is 17.0. The van der Waals surface area contributed by atoms with Gasteiger partial charge in [-0.3, -0.25) is 29.4 Å². The number of carbonyl (C=O) groups is 4. The van der Waals surface area contributed by atoms with Gasteiger partial charge in [-0.05, 0) is 53.8 Å². The van der Waals surface area contributed by atoms with Crippen molar-refractivity contribution in [3.05, 3.63) is 95.1 Å². The number of rotatable bonds is 7. The zero-order valence-electron chi connectivity index (χ0n) is 19.1. The Morgan fingerprint density at radius 2 is 1.54 bits per heavy atom. The minimum atomic E-state index is -0.963. The van der Waals surface area contributed by atoms with Crippen molar-refractivity contribution in [2.24, 2.45) is 0 Å². The van der Waals surface area contributed by atoms with Crippen molar-refractivity contribution in [2.45, 2.75) is 31.8 Å². The average molecular weight is 468 g/mol. The SMILES string of the molecule is O=C1CCC(N2C(=O)c3ccc(-c4cccc(CCNCc5ccccc5)c4)cc3C2=O)C(=O)N1. The lowest BCUT2D eigenvalue weighted by atomic mass is 9.98. The van der Waals surface area contributed by atoms with Crippen LogP contribution in [-0.2, 0) is 22.6 Å². The molecule has 0 radical (unpaired) electrons. The zero-order valence-corrected chi connectivity index (χ0v) is 19.1. The number of nitrogens with one attached hydrogen (secondary N) is 2. The van der Waals surface area contributed by atoms with Gasteiger partial charge in [0.1, 0.15) is 6.04 Å². The van der Waals surface area contributed by atoms with Gasteiger partial charge in [-0.2, -0.15) is 0 Å². The summed E-state index contributed by atoms with van der Waals surface area (Å²) in [5, 5.41) is 5.67. The van der Waals surface area contributed by atoms with Crippen molar-refractivity contribution in [3.8, 4) is 11.1 Å². The standard InChI is InChI=1S/C28H25N3O4/c32-25-12-11-24(26(33)30-25)31-27(34)22-10-9-21(16-23(22)28(31)35)20-8-4-7-18(15-20)13-14-29-17-19-5-2-1-3-6-19/h1-10,15-16,24,29H,11-14,17H2,(H,30,32,33). The van der Waals surface area contributed by atoms with Gasteiger partial charge in [0.2, 0.25) is 11.8 Å². The molecule has 0 saturated carbocycles. The summed E-state index contributed by atoms with van der Waals surface area (Å²) in [6.45, 7) is 1.64. The Balaban J connectivity index is 1.29. The fourth-order valence-corrected chi connectivity index (χ4v) is 4.62. The third-order valence-corrected chi connectivity index (χ3v) is 6.46. The predicted octanol–water partition coefficient (Wildman–Crippen LogP) is 3.09. The van der Waals surface area contributed by atoms with Gasteiger partial charge in [0.15, 0.2) is 0 Å². The van der Waals surface area contributed by atoms with Crippen LogP contribution in [0.4, 0.5) is 0 Å². The Morgan fingerprint density at radius 1 is 0.800 bits per heavy atom. The number of hydrogen-bond acceptors (Lipinski definition) is 5. The van der Waals surface area contributed by atoms with Gasteiger partial charge in [-0.1, -0.05) is 60.7 Å². The fourth-order valence-electron chi connectivity index (χ4n) is 4.62. The van der Waals surface area contributed by atoms with E-state index in [4.69, 9.17) is 0 Å². The van der Waals surface area contributed by atoms with E-state index in [1.807, 2.05) is 36.4 Å². The molecule has 1 unspecified atom stereocenters. The molecule has 7 nitrogen and oxygen atoms in total. The maximum Gasteiger partial charge on any atom is 0.262 e. The van der Waals surface area contributed by atoms with Crippen molar-refractivity contribution < 1.29 is 19.2 Å². The first-order valence-electron chi connectivity index (χ1n) is 11.7. The van der Waals surface area contributed by atoms with Crippen LogP contribution >= 0.6 is 0 Å². The summed E-state index contributed by atoms with van der Waals surface area (Å²) in [6.07, 6.45) is 1.09. The molecule has 2 N–H and O–H groups in total. The second-order valence-electron chi connectivity index (χ2n) is 8.82. The summed E-state index contributed by atoms with van der Waals surface area (Å²) in [5.41, 5.74) is 4.75. The molecule has 35 heavy (non-hydrogen) atoms. The van der Waals surface area contributed by atoms with E-state index in [-0.39, 0.29) is 29.9 Å². The highest BCUT2D eigenvalue weighted by Crippen LogP contribution is 2.31. The van der Waals surface area contributed by atoms with Gasteiger partial charge >= 0.3 is 0 Å². The van der Waals surface area contributed by atoms with E-state index in [1.54, 1.807) is 12.1 Å². The molecular weight excluding hydrogens is 442 g/mol. The Hall–Kier alpha value is -4.10. The number of carbonyl (C=O) groups excluding carboxylic acids is 4. The highest BCUT2D eigenvalue weighted by molar-refractivity contribution is 6.23. The number of benzene rings is 3. The lowest BCUT2D eigenvalue weighted by molar-refractivity contribution is -0.136. The molecule has 2 aliphatic heterocycles. The fraction of sp³-hybridized carbons (Fsp3) is 0.214. The second kappa shape index (κ2) is 9.64. The van der Waals surface area contributed by atoms with Crippen LogP contribution in [0.5, 0.6) is 0 Å². The van der Waals surface area contributed by atoms with Crippen LogP contribution in [0.1, 0.15) is 44.7 Å². The third-order valence-electron chi connectivity index (χ3n) is 6.46. The van der Waals surface area contributed by atoms with Gasteiger partial charge in [-0.25, -0.2) is 0 Å². The molecule has 0 spiro atoms. The van der Waals surface area contributed by atoms with E-state index in [1.165, 1.54) is 5.56 Å². The van der Waals surface area contributed by atoms with E-state index in [0.29, 0.717) is 0 Å². The summed E-state index contributed by atoms with van der Waals surface area (Å²) in [4.78, 5) is 50.7. The van der Waals surface area contributed by atoms with Gasteiger partial charge < -0.3 is 5.32 Å². The van der Waals surface area contributed by atoms with Crippen LogP contribution < -0.4 is 10.6 Å². The Morgan fingerprint density at radius 3 is 2.34 bits per heavy atom. The molecule has 2 heterocycles. The molecule has 1 fully saturated rings. The minimum absolute atomic E-state index is 0.0993. The monoisotopic (exact) mass is 467 g/mol. The van der Waals surface area contributed by atoms with Crippen molar-refractivity contribution in [1.29, 1.82) is 0 Å². The quantitative estimate of drug-likeness (QED) is 0.411. The molecule has 7 heteroatoms. The average Bonchev–Trinajstić information content (AvgIpc) is 3.12. The van der Waals surface area contributed by atoms with Gasteiger partial charge in [0, 0.05) is 13.0 Å². The van der Waals surface area contributed by atoms with E-state index >= 15 is 0 Å². The summed E-state index contributed by atoms with van der Waals surface area (Å²) in [5.74, 6) is -1.99. The lowest BCUT2D eigenvalue weighted by Crippen LogP contribution is -2.54. The minimum Gasteiger partial charge on any atom is -0.312 e. The number of imide groups is 2. The number of hydrogen-bond donors (Lipinski definition) is 2. The molecule has 1 atom stereocenters. The van der Waals surface area contributed by atoms with Gasteiger partial charge in [0.05, 0.1) is 11.1 Å².